The first-order chi connectivity index (χ1) is 15.7. The van der Waals surface area contributed by atoms with E-state index in [2.05, 4.69) is 15.6 Å². The number of fused-ring (bicyclic) bond motifs is 1. The maximum absolute atomic E-state index is 13.0. The third-order valence-electron chi connectivity index (χ3n) is 4.99. The average Bonchev–Trinajstić information content (AvgIpc) is 2.82. The summed E-state index contributed by atoms with van der Waals surface area (Å²) in [7, 11) is 1.60. The number of carbonyl (C=O) groups is 2. The summed E-state index contributed by atoms with van der Waals surface area (Å²) in [5.41, 5.74) is 2.44. The SMILES string of the molecule is COCCOc1ccccc1NC(=O)c1cnc2c(c1)N(Cc1ccccc1)C(=O)CN2. The Kier molecular flexibility index (Phi) is 6.62. The number of carbonyl (C=O) groups excluding carboxylic acids is 2. The molecule has 0 saturated heterocycles. The van der Waals surface area contributed by atoms with Crippen LogP contribution >= 0.6 is 0 Å². The Labute approximate surface area is 186 Å². The highest BCUT2D eigenvalue weighted by molar-refractivity contribution is 6.08. The minimum absolute atomic E-state index is 0.0856. The maximum atomic E-state index is 13.0. The van der Waals surface area contributed by atoms with Gasteiger partial charge in [-0.15, -0.1) is 0 Å². The number of rotatable bonds is 8. The summed E-state index contributed by atoms with van der Waals surface area (Å²) in [6.45, 7) is 1.36. The van der Waals surface area contributed by atoms with Crippen LogP contribution in [0.1, 0.15) is 15.9 Å². The summed E-state index contributed by atoms with van der Waals surface area (Å²) >= 11 is 0. The van der Waals surface area contributed by atoms with Gasteiger partial charge in [0.1, 0.15) is 12.4 Å². The first kappa shape index (κ1) is 21.3. The van der Waals surface area contributed by atoms with Gasteiger partial charge in [0, 0.05) is 13.3 Å². The first-order valence-electron chi connectivity index (χ1n) is 10.3. The molecule has 2 amide bonds. The van der Waals surface area contributed by atoms with Crippen LogP contribution in [0.5, 0.6) is 5.75 Å². The molecule has 2 heterocycles. The van der Waals surface area contributed by atoms with Crippen molar-refractivity contribution < 1.29 is 19.1 Å². The monoisotopic (exact) mass is 432 g/mol. The molecule has 0 fully saturated rings. The molecule has 0 radical (unpaired) electrons. The van der Waals surface area contributed by atoms with Crippen LogP contribution in [0.15, 0.2) is 66.9 Å². The first-order valence-corrected chi connectivity index (χ1v) is 10.3. The van der Waals surface area contributed by atoms with Crippen LogP contribution in [0, 0.1) is 0 Å². The molecule has 0 aliphatic carbocycles. The molecule has 0 atom stereocenters. The van der Waals surface area contributed by atoms with Gasteiger partial charge >= 0.3 is 0 Å². The van der Waals surface area contributed by atoms with Crippen molar-refractivity contribution >= 4 is 29.0 Å². The molecule has 164 valence electrons. The number of para-hydroxylation sites is 2. The number of aromatic nitrogens is 1. The number of benzene rings is 2. The van der Waals surface area contributed by atoms with E-state index < -0.39 is 0 Å². The second kappa shape index (κ2) is 9.93. The van der Waals surface area contributed by atoms with Gasteiger partial charge < -0.3 is 25.0 Å². The van der Waals surface area contributed by atoms with Crippen molar-refractivity contribution in [2.24, 2.45) is 0 Å². The zero-order valence-electron chi connectivity index (χ0n) is 17.7. The fraction of sp³-hybridized carbons (Fsp3) is 0.208. The van der Waals surface area contributed by atoms with Crippen LogP contribution in [-0.4, -0.2) is 43.7 Å². The Hall–Kier alpha value is -3.91. The highest BCUT2D eigenvalue weighted by Crippen LogP contribution is 2.31. The molecule has 3 aromatic rings. The minimum Gasteiger partial charge on any atom is -0.489 e. The summed E-state index contributed by atoms with van der Waals surface area (Å²) in [5.74, 6) is 0.685. The Morgan fingerprint density at radius 2 is 1.91 bits per heavy atom. The van der Waals surface area contributed by atoms with Crippen molar-refractivity contribution in [1.82, 2.24) is 4.98 Å². The van der Waals surface area contributed by atoms with Crippen LogP contribution in [0.2, 0.25) is 0 Å². The van der Waals surface area contributed by atoms with E-state index in [1.54, 1.807) is 30.2 Å². The number of anilines is 3. The molecule has 32 heavy (non-hydrogen) atoms. The predicted molar refractivity (Wildman–Crippen MR) is 122 cm³/mol. The zero-order chi connectivity index (χ0) is 22.3. The van der Waals surface area contributed by atoms with E-state index >= 15 is 0 Å². The van der Waals surface area contributed by atoms with Gasteiger partial charge in [-0.05, 0) is 23.8 Å². The summed E-state index contributed by atoms with van der Waals surface area (Å²) in [6, 6.07) is 18.6. The second-order valence-electron chi connectivity index (χ2n) is 7.20. The third kappa shape index (κ3) is 4.87. The number of hydrogen-bond acceptors (Lipinski definition) is 6. The fourth-order valence-corrected chi connectivity index (χ4v) is 3.37. The van der Waals surface area contributed by atoms with Crippen LogP contribution in [-0.2, 0) is 16.1 Å². The van der Waals surface area contributed by atoms with E-state index in [1.807, 2.05) is 42.5 Å². The molecule has 2 aromatic carbocycles. The van der Waals surface area contributed by atoms with Gasteiger partial charge in [-0.2, -0.15) is 0 Å². The lowest BCUT2D eigenvalue weighted by molar-refractivity contribution is -0.117. The molecule has 1 aliphatic rings. The molecule has 0 saturated carbocycles. The third-order valence-corrected chi connectivity index (χ3v) is 4.99. The van der Waals surface area contributed by atoms with Gasteiger partial charge in [0.25, 0.3) is 5.91 Å². The molecule has 4 rings (SSSR count). The van der Waals surface area contributed by atoms with Crippen molar-refractivity contribution in [3.8, 4) is 5.75 Å². The van der Waals surface area contributed by atoms with Crippen molar-refractivity contribution in [2.45, 2.75) is 6.54 Å². The smallest absolute Gasteiger partial charge is 0.257 e. The normalized spacial score (nSPS) is 12.7. The highest BCUT2D eigenvalue weighted by Gasteiger charge is 2.26. The van der Waals surface area contributed by atoms with Crippen LogP contribution < -0.4 is 20.3 Å². The summed E-state index contributed by atoms with van der Waals surface area (Å²) in [4.78, 5) is 31.6. The molecule has 0 bridgehead atoms. The molecule has 8 nitrogen and oxygen atoms in total. The quantitative estimate of drug-likeness (QED) is 0.531. The second-order valence-corrected chi connectivity index (χ2v) is 7.20. The Bertz CT molecular complexity index is 1100. The lowest BCUT2D eigenvalue weighted by atomic mass is 10.1. The van der Waals surface area contributed by atoms with E-state index in [-0.39, 0.29) is 18.4 Å². The molecule has 8 heteroatoms. The topological polar surface area (TPSA) is 92.8 Å². The molecule has 0 unspecified atom stereocenters. The van der Waals surface area contributed by atoms with E-state index in [1.165, 1.54) is 6.20 Å². The number of nitrogens with one attached hydrogen (secondary N) is 2. The lowest BCUT2D eigenvalue weighted by Gasteiger charge is -2.29. The van der Waals surface area contributed by atoms with Gasteiger partial charge in [0.05, 0.1) is 36.6 Å². The summed E-state index contributed by atoms with van der Waals surface area (Å²) in [6.07, 6.45) is 1.49. The molecule has 0 spiro atoms. The van der Waals surface area contributed by atoms with Crippen LogP contribution in [0.25, 0.3) is 0 Å². The number of nitrogens with zero attached hydrogens (tertiary/aromatic N) is 2. The summed E-state index contributed by atoms with van der Waals surface area (Å²) in [5, 5.41) is 5.88. The molecular formula is C24H24N4O4. The number of pyridine rings is 1. The van der Waals surface area contributed by atoms with E-state index in [0.717, 1.165) is 5.56 Å². The van der Waals surface area contributed by atoms with Crippen molar-refractivity contribution in [3.05, 3.63) is 78.0 Å². The van der Waals surface area contributed by atoms with Gasteiger partial charge in [-0.3, -0.25) is 9.59 Å². The van der Waals surface area contributed by atoms with E-state index in [9.17, 15) is 9.59 Å². The number of amides is 2. The van der Waals surface area contributed by atoms with Gasteiger partial charge in [-0.1, -0.05) is 42.5 Å². The van der Waals surface area contributed by atoms with Crippen LogP contribution in [0.3, 0.4) is 0 Å². The van der Waals surface area contributed by atoms with Gasteiger partial charge in [0.15, 0.2) is 5.82 Å². The standard InChI is InChI=1S/C24H24N4O4/c1-31-11-12-32-21-10-6-5-9-19(21)27-24(30)18-13-20-23(25-14-18)26-15-22(29)28(20)16-17-7-3-2-4-8-17/h2-10,13-14H,11-12,15-16H2,1H3,(H,25,26)(H,27,30). The molecule has 1 aromatic heterocycles. The Balaban J connectivity index is 1.56. The van der Waals surface area contributed by atoms with Crippen molar-refractivity contribution in [3.63, 3.8) is 0 Å². The lowest BCUT2D eigenvalue weighted by Crippen LogP contribution is -2.40. The van der Waals surface area contributed by atoms with Crippen molar-refractivity contribution in [1.29, 1.82) is 0 Å². The van der Waals surface area contributed by atoms with Gasteiger partial charge in [-0.25, -0.2) is 4.98 Å². The highest BCUT2D eigenvalue weighted by atomic mass is 16.5. The maximum Gasteiger partial charge on any atom is 0.257 e. The van der Waals surface area contributed by atoms with E-state index in [4.69, 9.17) is 9.47 Å². The average molecular weight is 432 g/mol. The predicted octanol–water partition coefficient (Wildman–Crippen LogP) is 3.32. The fourth-order valence-electron chi connectivity index (χ4n) is 3.37. The number of hydrogen-bond donors (Lipinski definition) is 2. The number of methoxy groups -OCH3 is 1. The minimum atomic E-state index is -0.347. The Morgan fingerprint density at radius 3 is 2.72 bits per heavy atom. The summed E-state index contributed by atoms with van der Waals surface area (Å²) < 4.78 is 10.7. The Morgan fingerprint density at radius 1 is 1.12 bits per heavy atom. The van der Waals surface area contributed by atoms with E-state index in [0.29, 0.717) is 48.3 Å². The zero-order valence-corrected chi connectivity index (χ0v) is 17.7. The molecule has 2 N–H and O–H groups in total. The molecular weight excluding hydrogens is 408 g/mol. The molecule has 1 aliphatic heterocycles. The van der Waals surface area contributed by atoms with Gasteiger partial charge in [0.2, 0.25) is 5.91 Å². The van der Waals surface area contributed by atoms with Crippen LogP contribution in [0.4, 0.5) is 17.2 Å². The largest absolute Gasteiger partial charge is 0.489 e. The number of ether oxygens (including phenoxy) is 2. The van der Waals surface area contributed by atoms with Crippen molar-refractivity contribution in [2.75, 3.05) is 42.4 Å².